The van der Waals surface area contributed by atoms with Crippen LogP contribution in [-0.4, -0.2) is 28.7 Å². The van der Waals surface area contributed by atoms with Crippen LogP contribution in [0.15, 0.2) is 59.7 Å². The van der Waals surface area contributed by atoms with E-state index in [9.17, 15) is 13.6 Å². The van der Waals surface area contributed by atoms with Crippen molar-refractivity contribution < 1.29 is 13.5 Å². The molecule has 3 heterocycles. The first kappa shape index (κ1) is 24.2. The fourth-order valence-electron chi connectivity index (χ4n) is 4.00. The molecule has 3 aromatic rings. The molecule has 5 nitrogen and oxygen atoms in total. The number of nitrogens with one attached hydrogen (secondary N) is 1. The van der Waals surface area contributed by atoms with Crippen molar-refractivity contribution in [1.82, 2.24) is 14.9 Å². The molecule has 1 fully saturated rings. The zero-order valence-electron chi connectivity index (χ0n) is 19.4. The summed E-state index contributed by atoms with van der Waals surface area (Å²) in [7, 11) is 1.61. The van der Waals surface area contributed by atoms with Gasteiger partial charge in [0.2, 0.25) is 5.88 Å². The van der Waals surface area contributed by atoms with Gasteiger partial charge in [0.25, 0.3) is 5.56 Å². The molecule has 0 saturated carbocycles. The molecule has 0 spiro atoms. The van der Waals surface area contributed by atoms with Gasteiger partial charge in [-0.15, -0.1) is 0 Å². The van der Waals surface area contributed by atoms with Crippen LogP contribution in [-0.2, 0) is 7.05 Å². The Labute approximate surface area is 203 Å². The number of aromatic nitrogens is 2. The quantitative estimate of drug-likeness (QED) is 0.554. The molecule has 1 aromatic carbocycles. The number of pyridine rings is 2. The second-order valence-electron chi connectivity index (χ2n) is 8.34. The molecule has 1 aliphatic heterocycles. The Morgan fingerprint density at radius 1 is 1.20 bits per heavy atom. The van der Waals surface area contributed by atoms with E-state index in [2.05, 4.69) is 34.0 Å². The molecule has 0 radical (unpaired) electrons. The lowest BCUT2D eigenvalue weighted by Crippen LogP contribution is -2.28. The van der Waals surface area contributed by atoms with E-state index in [-0.39, 0.29) is 17.5 Å². The predicted molar refractivity (Wildman–Crippen MR) is 130 cm³/mol. The molecule has 0 bridgehead atoms. The van der Waals surface area contributed by atoms with E-state index >= 15 is 0 Å². The van der Waals surface area contributed by atoms with E-state index in [4.69, 9.17) is 4.74 Å². The van der Waals surface area contributed by atoms with E-state index in [1.54, 1.807) is 43.7 Å². The van der Waals surface area contributed by atoms with Crippen LogP contribution in [0.4, 0.5) is 8.78 Å². The molecule has 1 N–H and O–H groups in total. The van der Waals surface area contributed by atoms with Gasteiger partial charge in [0.05, 0.1) is 0 Å². The van der Waals surface area contributed by atoms with Crippen molar-refractivity contribution in [2.24, 2.45) is 7.05 Å². The third kappa shape index (κ3) is 6.35. The number of aryl methyl sites for hydroxylation is 1. The van der Waals surface area contributed by atoms with Crippen LogP contribution in [0.2, 0.25) is 0 Å². The molecular formula is C28H25F2N3O2. The molecule has 1 saturated heterocycles. The Kier molecular flexibility index (Phi) is 7.92. The van der Waals surface area contributed by atoms with Crippen molar-refractivity contribution >= 4 is 0 Å². The number of nitrogens with zero attached hydrogens (tertiary/aromatic N) is 2. The summed E-state index contributed by atoms with van der Waals surface area (Å²) in [6.45, 7) is 1.57. The molecule has 0 amide bonds. The van der Waals surface area contributed by atoms with Gasteiger partial charge in [0, 0.05) is 55.0 Å². The van der Waals surface area contributed by atoms with Crippen LogP contribution in [0.1, 0.15) is 41.9 Å². The molecule has 1 aliphatic rings. The lowest BCUT2D eigenvalue weighted by molar-refractivity contribution is 0.267. The van der Waals surface area contributed by atoms with Gasteiger partial charge in [-0.05, 0) is 67.1 Å². The molecule has 1 unspecified atom stereocenters. The predicted octanol–water partition coefficient (Wildman–Crippen LogP) is 3.77. The van der Waals surface area contributed by atoms with Gasteiger partial charge in [-0.3, -0.25) is 4.79 Å². The number of ether oxygens (including phenoxy) is 1. The minimum absolute atomic E-state index is 0.0863. The SMILES string of the molecule is Cn1cccc(C(CC#CC#Cc2ccnc(OC[C@@H]3CCCN3)c2)c2cc(F)ccc2F)c1=O. The maximum atomic E-state index is 14.6. The molecule has 4 rings (SSSR count). The Bertz CT molecular complexity index is 1370. The van der Waals surface area contributed by atoms with Gasteiger partial charge in [0.15, 0.2) is 0 Å². The van der Waals surface area contributed by atoms with Gasteiger partial charge in [0.1, 0.15) is 18.2 Å². The molecule has 7 heteroatoms. The highest BCUT2D eigenvalue weighted by Gasteiger charge is 2.21. The van der Waals surface area contributed by atoms with E-state index < -0.39 is 17.6 Å². The third-order valence-corrected chi connectivity index (χ3v) is 5.86. The number of hydrogen-bond acceptors (Lipinski definition) is 4. The first-order chi connectivity index (χ1) is 17.0. The van der Waals surface area contributed by atoms with Gasteiger partial charge in [-0.25, -0.2) is 13.8 Å². The van der Waals surface area contributed by atoms with Crippen LogP contribution < -0.4 is 15.6 Å². The fourth-order valence-corrected chi connectivity index (χ4v) is 4.00. The Hall–Kier alpha value is -3.94. The van der Waals surface area contributed by atoms with Gasteiger partial charge in [-0.1, -0.05) is 17.9 Å². The summed E-state index contributed by atoms with van der Waals surface area (Å²) in [6, 6.07) is 10.4. The summed E-state index contributed by atoms with van der Waals surface area (Å²) < 4.78 is 35.6. The zero-order chi connectivity index (χ0) is 24.6. The molecular weight excluding hydrogens is 448 g/mol. The minimum atomic E-state index is -0.731. The van der Waals surface area contributed by atoms with Crippen LogP contribution in [0.25, 0.3) is 0 Å². The third-order valence-electron chi connectivity index (χ3n) is 5.86. The number of hydrogen-bond donors (Lipinski definition) is 1. The number of rotatable bonds is 6. The molecule has 2 atom stereocenters. The van der Waals surface area contributed by atoms with Gasteiger partial charge < -0.3 is 14.6 Å². The monoisotopic (exact) mass is 473 g/mol. The van der Waals surface area contributed by atoms with Crippen LogP contribution in [0.5, 0.6) is 5.88 Å². The summed E-state index contributed by atoms with van der Waals surface area (Å²) in [5.41, 5.74) is 0.845. The van der Waals surface area contributed by atoms with Gasteiger partial charge >= 0.3 is 0 Å². The average Bonchev–Trinajstić information content (AvgIpc) is 3.38. The first-order valence-corrected chi connectivity index (χ1v) is 11.4. The maximum Gasteiger partial charge on any atom is 0.254 e. The minimum Gasteiger partial charge on any atom is -0.476 e. The van der Waals surface area contributed by atoms with Crippen molar-refractivity contribution in [3.8, 4) is 29.6 Å². The van der Waals surface area contributed by atoms with Gasteiger partial charge in [-0.2, -0.15) is 0 Å². The summed E-state index contributed by atoms with van der Waals surface area (Å²) in [5, 5.41) is 3.37. The maximum absolute atomic E-state index is 14.6. The smallest absolute Gasteiger partial charge is 0.254 e. The van der Waals surface area contributed by atoms with Crippen molar-refractivity contribution in [2.45, 2.75) is 31.2 Å². The van der Waals surface area contributed by atoms with Crippen molar-refractivity contribution in [2.75, 3.05) is 13.2 Å². The van der Waals surface area contributed by atoms with Crippen molar-refractivity contribution in [3.63, 3.8) is 0 Å². The first-order valence-electron chi connectivity index (χ1n) is 11.4. The van der Waals surface area contributed by atoms with E-state index in [1.165, 1.54) is 4.57 Å². The summed E-state index contributed by atoms with van der Waals surface area (Å²) in [5.74, 6) is 9.99. The van der Waals surface area contributed by atoms with Crippen molar-refractivity contribution in [3.05, 3.63) is 93.5 Å². The zero-order valence-corrected chi connectivity index (χ0v) is 19.4. The molecule has 178 valence electrons. The average molecular weight is 474 g/mol. The summed E-state index contributed by atoms with van der Waals surface area (Å²) >= 11 is 0. The highest BCUT2D eigenvalue weighted by molar-refractivity contribution is 5.42. The fraction of sp³-hybridized carbons (Fsp3) is 0.286. The van der Waals surface area contributed by atoms with Crippen LogP contribution >= 0.6 is 0 Å². The standard InChI is InChI=1S/C28H25F2N3O2/c1-33-16-6-10-24(28(33)34)23(25-18-21(29)11-12-26(25)30)9-4-2-3-7-20-13-15-32-27(17-20)35-19-22-8-5-14-31-22/h6,10-13,15-18,22-23,31H,5,8-9,14,19H2,1H3/t22-,23?/m0/s1. The largest absolute Gasteiger partial charge is 0.476 e. The normalized spacial score (nSPS) is 15.5. The molecule has 2 aromatic heterocycles. The summed E-state index contributed by atoms with van der Waals surface area (Å²) in [6.07, 6.45) is 5.58. The van der Waals surface area contributed by atoms with E-state index in [0.717, 1.165) is 37.6 Å². The highest BCUT2D eigenvalue weighted by atomic mass is 19.1. The van der Waals surface area contributed by atoms with E-state index in [0.29, 0.717) is 29.7 Å². The van der Waals surface area contributed by atoms with E-state index in [1.807, 2.05) is 0 Å². The van der Waals surface area contributed by atoms with Crippen LogP contribution in [0, 0.1) is 35.3 Å². The summed E-state index contributed by atoms with van der Waals surface area (Å²) in [4.78, 5) is 16.9. The Balaban J connectivity index is 1.50. The highest BCUT2D eigenvalue weighted by Crippen LogP contribution is 2.28. The lowest BCUT2D eigenvalue weighted by atomic mass is 9.89. The van der Waals surface area contributed by atoms with Crippen molar-refractivity contribution in [1.29, 1.82) is 0 Å². The number of halogens is 2. The van der Waals surface area contributed by atoms with Crippen LogP contribution in [0.3, 0.4) is 0 Å². The number of benzene rings is 1. The lowest BCUT2D eigenvalue weighted by Gasteiger charge is -2.16. The topological polar surface area (TPSA) is 56.1 Å². The second kappa shape index (κ2) is 11.5. The second-order valence-corrected chi connectivity index (χ2v) is 8.34. The Morgan fingerprint density at radius 3 is 2.91 bits per heavy atom. The molecule has 0 aliphatic carbocycles. The molecule has 35 heavy (non-hydrogen) atoms. The Morgan fingerprint density at radius 2 is 2.09 bits per heavy atom.